The van der Waals surface area contributed by atoms with Gasteiger partial charge in [0.05, 0.1) is 16.6 Å². The summed E-state index contributed by atoms with van der Waals surface area (Å²) >= 11 is 0. The molecule has 0 atom stereocenters. The van der Waals surface area contributed by atoms with Crippen LogP contribution in [0, 0.1) is 13.8 Å². The number of aromatic nitrogens is 3. The monoisotopic (exact) mass is 415 g/mol. The van der Waals surface area contributed by atoms with Gasteiger partial charge in [0, 0.05) is 24.0 Å². The minimum atomic E-state index is -0.521. The van der Waals surface area contributed by atoms with Crippen molar-refractivity contribution in [3.63, 3.8) is 0 Å². The Hall–Kier alpha value is -4.20. The molecule has 8 nitrogen and oxygen atoms in total. The van der Waals surface area contributed by atoms with E-state index in [-0.39, 0.29) is 5.91 Å². The average molecular weight is 415 g/mol. The summed E-state index contributed by atoms with van der Waals surface area (Å²) in [7, 11) is 1.81. The van der Waals surface area contributed by atoms with Gasteiger partial charge in [-0.05, 0) is 62.4 Å². The van der Waals surface area contributed by atoms with Crippen molar-refractivity contribution >= 4 is 28.5 Å². The number of amides is 2. The summed E-state index contributed by atoms with van der Waals surface area (Å²) in [6.07, 6.45) is 0. The van der Waals surface area contributed by atoms with Gasteiger partial charge in [-0.25, -0.2) is 4.98 Å². The van der Waals surface area contributed by atoms with E-state index in [1.807, 2.05) is 13.8 Å². The van der Waals surface area contributed by atoms with Crippen LogP contribution in [-0.2, 0) is 7.05 Å². The number of benzene rings is 2. The Morgan fingerprint density at radius 1 is 1.03 bits per heavy atom. The number of hydrogen-bond donors (Lipinski definition) is 2. The molecule has 0 aliphatic rings. The summed E-state index contributed by atoms with van der Waals surface area (Å²) < 4.78 is 7.44. The fourth-order valence-corrected chi connectivity index (χ4v) is 3.40. The van der Waals surface area contributed by atoms with Crippen LogP contribution in [-0.4, -0.2) is 26.6 Å². The van der Waals surface area contributed by atoms with Crippen LogP contribution in [0.4, 0.5) is 5.69 Å². The second-order valence-corrected chi connectivity index (χ2v) is 7.19. The number of nitrogens with one attached hydrogen (secondary N) is 1. The van der Waals surface area contributed by atoms with E-state index in [4.69, 9.17) is 10.5 Å². The largest absolute Gasteiger partial charge is 0.457 e. The third kappa shape index (κ3) is 4.09. The topological polar surface area (TPSA) is 112 Å². The fourth-order valence-electron chi connectivity index (χ4n) is 3.40. The Labute approximate surface area is 178 Å². The first kappa shape index (κ1) is 20.1. The van der Waals surface area contributed by atoms with Crippen LogP contribution in [0.5, 0.6) is 11.5 Å². The van der Waals surface area contributed by atoms with E-state index in [9.17, 15) is 9.59 Å². The van der Waals surface area contributed by atoms with Gasteiger partial charge in [0.15, 0.2) is 5.65 Å². The summed E-state index contributed by atoms with van der Waals surface area (Å²) in [5, 5.41) is 8.02. The number of primary amides is 1. The van der Waals surface area contributed by atoms with E-state index in [1.54, 1.807) is 66.3 Å². The van der Waals surface area contributed by atoms with E-state index in [1.165, 1.54) is 0 Å². The Bertz CT molecular complexity index is 1310. The van der Waals surface area contributed by atoms with Gasteiger partial charge in [0.25, 0.3) is 5.91 Å². The van der Waals surface area contributed by atoms with Crippen molar-refractivity contribution in [2.75, 3.05) is 5.32 Å². The summed E-state index contributed by atoms with van der Waals surface area (Å²) in [6, 6.07) is 15.3. The van der Waals surface area contributed by atoms with Crippen LogP contribution < -0.4 is 15.8 Å². The summed E-state index contributed by atoms with van der Waals surface area (Å²) in [5.41, 5.74) is 8.97. The van der Waals surface area contributed by atoms with Crippen LogP contribution in [0.3, 0.4) is 0 Å². The van der Waals surface area contributed by atoms with E-state index >= 15 is 0 Å². The van der Waals surface area contributed by atoms with Crippen molar-refractivity contribution in [3.05, 3.63) is 77.1 Å². The van der Waals surface area contributed by atoms with Gasteiger partial charge in [-0.1, -0.05) is 6.07 Å². The number of nitrogens with zero attached hydrogens (tertiary/aromatic N) is 3. The van der Waals surface area contributed by atoms with E-state index < -0.39 is 5.91 Å². The van der Waals surface area contributed by atoms with Crippen molar-refractivity contribution in [1.82, 2.24) is 14.8 Å². The lowest BCUT2D eigenvalue weighted by atomic mass is 10.1. The van der Waals surface area contributed by atoms with Crippen LogP contribution in [0.1, 0.15) is 32.1 Å². The summed E-state index contributed by atoms with van der Waals surface area (Å²) in [4.78, 5) is 28.8. The maximum Gasteiger partial charge on any atom is 0.256 e. The molecule has 4 rings (SSSR count). The number of carbonyl (C=O) groups excluding carboxylic acids is 2. The minimum Gasteiger partial charge on any atom is -0.457 e. The molecule has 0 aliphatic carbocycles. The molecule has 0 unspecified atom stereocenters. The second kappa shape index (κ2) is 7.91. The standard InChI is InChI=1S/C23H21N5O3/c1-13-11-19(20-14(2)27-28(3)22(20)25-13)23(30)26-16-7-9-17(10-8-16)31-18-6-4-5-15(12-18)21(24)29/h4-12H,1-3H3,(H2,24,29)(H,26,30). The first-order valence-corrected chi connectivity index (χ1v) is 9.62. The Balaban J connectivity index is 1.53. The van der Waals surface area contributed by atoms with Crippen molar-refractivity contribution in [3.8, 4) is 11.5 Å². The molecule has 0 spiro atoms. The van der Waals surface area contributed by atoms with Crippen molar-refractivity contribution in [2.24, 2.45) is 12.8 Å². The number of hydrogen-bond acceptors (Lipinski definition) is 5. The number of aryl methyl sites for hydroxylation is 3. The van der Waals surface area contributed by atoms with Gasteiger partial charge in [0.2, 0.25) is 5.91 Å². The molecule has 0 bridgehead atoms. The number of nitrogens with two attached hydrogens (primary N) is 1. The third-order valence-corrected chi connectivity index (χ3v) is 4.81. The highest BCUT2D eigenvalue weighted by atomic mass is 16.5. The lowest BCUT2D eigenvalue weighted by Gasteiger charge is -2.10. The van der Waals surface area contributed by atoms with E-state index in [0.717, 1.165) is 16.8 Å². The molecule has 2 heterocycles. The molecular formula is C23H21N5O3. The predicted molar refractivity (Wildman–Crippen MR) is 117 cm³/mol. The number of rotatable bonds is 5. The van der Waals surface area contributed by atoms with Gasteiger partial charge in [0.1, 0.15) is 11.5 Å². The first-order valence-electron chi connectivity index (χ1n) is 9.62. The zero-order chi connectivity index (χ0) is 22.1. The van der Waals surface area contributed by atoms with Crippen LogP contribution in [0.2, 0.25) is 0 Å². The van der Waals surface area contributed by atoms with Crippen molar-refractivity contribution in [2.45, 2.75) is 13.8 Å². The zero-order valence-electron chi connectivity index (χ0n) is 17.3. The number of ether oxygens (including phenoxy) is 1. The molecule has 3 N–H and O–H groups in total. The molecule has 0 radical (unpaired) electrons. The van der Waals surface area contributed by atoms with Crippen molar-refractivity contribution in [1.29, 1.82) is 0 Å². The predicted octanol–water partition coefficient (Wildman–Crippen LogP) is 3.73. The van der Waals surface area contributed by atoms with Gasteiger partial charge in [-0.3, -0.25) is 14.3 Å². The molecule has 0 fully saturated rings. The molecule has 31 heavy (non-hydrogen) atoms. The van der Waals surface area contributed by atoms with E-state index in [0.29, 0.717) is 34.0 Å². The molecule has 0 saturated carbocycles. The highest BCUT2D eigenvalue weighted by Crippen LogP contribution is 2.26. The van der Waals surface area contributed by atoms with Crippen LogP contribution >= 0.6 is 0 Å². The third-order valence-electron chi connectivity index (χ3n) is 4.81. The average Bonchev–Trinajstić information content (AvgIpc) is 3.02. The maximum atomic E-state index is 13.0. The number of fused-ring (bicyclic) bond motifs is 1. The minimum absolute atomic E-state index is 0.241. The molecule has 0 aliphatic heterocycles. The fraction of sp³-hybridized carbons (Fsp3) is 0.130. The second-order valence-electron chi connectivity index (χ2n) is 7.19. The maximum absolute atomic E-state index is 13.0. The quantitative estimate of drug-likeness (QED) is 0.516. The number of anilines is 1. The molecule has 0 saturated heterocycles. The summed E-state index contributed by atoms with van der Waals surface area (Å²) in [6.45, 7) is 3.70. The van der Waals surface area contributed by atoms with Gasteiger partial charge in [-0.2, -0.15) is 5.10 Å². The first-order chi connectivity index (χ1) is 14.8. The lowest BCUT2D eigenvalue weighted by Crippen LogP contribution is -2.13. The molecule has 2 amide bonds. The Morgan fingerprint density at radius 2 is 1.77 bits per heavy atom. The molecule has 2 aromatic heterocycles. The SMILES string of the molecule is Cc1cc(C(=O)Nc2ccc(Oc3cccc(C(N)=O)c3)cc2)c2c(C)nn(C)c2n1. The zero-order valence-corrected chi connectivity index (χ0v) is 17.3. The van der Waals surface area contributed by atoms with Crippen LogP contribution in [0.25, 0.3) is 11.0 Å². The highest BCUT2D eigenvalue weighted by molar-refractivity contribution is 6.12. The van der Waals surface area contributed by atoms with E-state index in [2.05, 4.69) is 15.4 Å². The van der Waals surface area contributed by atoms with Gasteiger partial charge >= 0.3 is 0 Å². The lowest BCUT2D eigenvalue weighted by molar-refractivity contribution is 0.0997. The molecule has 8 heteroatoms. The molecule has 2 aromatic carbocycles. The number of pyridine rings is 1. The van der Waals surface area contributed by atoms with Gasteiger partial charge in [-0.15, -0.1) is 0 Å². The Morgan fingerprint density at radius 3 is 2.48 bits per heavy atom. The molecular weight excluding hydrogens is 394 g/mol. The number of carbonyl (C=O) groups is 2. The summed E-state index contributed by atoms with van der Waals surface area (Å²) in [5.74, 6) is 0.293. The smallest absolute Gasteiger partial charge is 0.256 e. The molecule has 4 aromatic rings. The Kier molecular flexibility index (Phi) is 5.12. The normalized spacial score (nSPS) is 10.8. The molecule has 156 valence electrons. The highest BCUT2D eigenvalue weighted by Gasteiger charge is 2.18. The van der Waals surface area contributed by atoms with Gasteiger partial charge < -0.3 is 15.8 Å². The van der Waals surface area contributed by atoms with Crippen LogP contribution in [0.15, 0.2) is 54.6 Å². The van der Waals surface area contributed by atoms with Crippen molar-refractivity contribution < 1.29 is 14.3 Å².